The Morgan fingerprint density at radius 2 is 2.42 bits per heavy atom. The molecule has 0 saturated carbocycles. The average molecular weight is 313 g/mol. The third-order valence-electron chi connectivity index (χ3n) is 2.94. The minimum atomic E-state index is 0.0141. The summed E-state index contributed by atoms with van der Waals surface area (Å²) in [6, 6.07) is 0.387. The van der Waals surface area contributed by atoms with Crippen molar-refractivity contribution < 1.29 is 4.79 Å². The second-order valence-corrected chi connectivity index (χ2v) is 7.95. The Bertz CT molecular complexity index is 505. The number of thiazole rings is 1. The van der Waals surface area contributed by atoms with Gasteiger partial charge in [-0.2, -0.15) is 0 Å². The lowest BCUT2D eigenvalue weighted by Gasteiger charge is -2.01. The van der Waals surface area contributed by atoms with Gasteiger partial charge in [0.2, 0.25) is 5.91 Å². The Labute approximate surface area is 124 Å². The van der Waals surface area contributed by atoms with Gasteiger partial charge >= 0.3 is 0 Å². The summed E-state index contributed by atoms with van der Waals surface area (Å²) in [4.78, 5) is 22.1. The van der Waals surface area contributed by atoms with E-state index in [-0.39, 0.29) is 5.91 Å². The number of rotatable bonds is 3. The highest BCUT2D eigenvalue weighted by atomic mass is 32.2. The maximum Gasteiger partial charge on any atom is 0.236 e. The highest BCUT2D eigenvalue weighted by Gasteiger charge is 2.19. The monoisotopic (exact) mass is 313 g/mol. The van der Waals surface area contributed by atoms with Gasteiger partial charge in [0.05, 0.1) is 17.5 Å². The molecule has 19 heavy (non-hydrogen) atoms. The van der Waals surface area contributed by atoms with Crippen LogP contribution in [0.2, 0.25) is 0 Å². The molecule has 2 heterocycles. The summed E-state index contributed by atoms with van der Waals surface area (Å²) in [7, 11) is 0. The second kappa shape index (κ2) is 5.85. The average Bonchev–Trinajstić information content (AvgIpc) is 3.02. The summed E-state index contributed by atoms with van der Waals surface area (Å²) in [6.45, 7) is 2.09. The number of hydrogen-bond donors (Lipinski definition) is 1. The van der Waals surface area contributed by atoms with Crippen LogP contribution in [0.15, 0.2) is 4.99 Å². The third kappa shape index (κ3) is 3.32. The molecule has 1 aromatic heterocycles. The van der Waals surface area contributed by atoms with Crippen molar-refractivity contribution in [3.05, 3.63) is 10.6 Å². The number of nitrogens with one attached hydrogen (secondary N) is 1. The number of anilines is 1. The predicted molar refractivity (Wildman–Crippen MR) is 84.6 cm³/mol. The highest BCUT2D eigenvalue weighted by Crippen LogP contribution is 2.30. The molecule has 1 atom stereocenters. The first-order chi connectivity index (χ1) is 9.20. The molecule has 1 N–H and O–H groups in total. The van der Waals surface area contributed by atoms with E-state index < -0.39 is 0 Å². The van der Waals surface area contributed by atoms with Crippen molar-refractivity contribution in [1.29, 1.82) is 0 Å². The zero-order valence-corrected chi connectivity index (χ0v) is 13.1. The van der Waals surface area contributed by atoms with E-state index in [1.807, 2.05) is 0 Å². The van der Waals surface area contributed by atoms with E-state index in [9.17, 15) is 4.79 Å². The lowest BCUT2D eigenvalue weighted by atomic mass is 10.4. The molecule has 7 heteroatoms. The van der Waals surface area contributed by atoms with E-state index in [1.165, 1.54) is 28.8 Å². The van der Waals surface area contributed by atoms with E-state index in [0.29, 0.717) is 11.8 Å². The van der Waals surface area contributed by atoms with Gasteiger partial charge < -0.3 is 5.32 Å². The number of aromatic nitrogens is 1. The quantitative estimate of drug-likeness (QED) is 0.932. The molecule has 3 rings (SSSR count). The normalized spacial score (nSPS) is 21.3. The van der Waals surface area contributed by atoms with Crippen LogP contribution in [0.5, 0.6) is 0 Å². The summed E-state index contributed by atoms with van der Waals surface area (Å²) < 4.78 is 1.03. The molecule has 1 unspecified atom stereocenters. The van der Waals surface area contributed by atoms with E-state index in [1.54, 1.807) is 23.1 Å². The Kier molecular flexibility index (Phi) is 4.14. The van der Waals surface area contributed by atoms with Crippen LogP contribution in [-0.4, -0.2) is 32.8 Å². The summed E-state index contributed by atoms with van der Waals surface area (Å²) in [5, 5.41) is 3.64. The first kappa shape index (κ1) is 13.5. The van der Waals surface area contributed by atoms with Crippen LogP contribution in [0.25, 0.3) is 0 Å². The standard InChI is InChI=1S/C12H15N3OS3/c1-7-5-17-12(13-7)18-6-10(16)15-11-14-8-3-2-4-9(8)19-11/h7H,2-6H2,1H3,(H,14,15,16). The minimum absolute atomic E-state index is 0.0141. The lowest BCUT2D eigenvalue weighted by Crippen LogP contribution is -2.14. The van der Waals surface area contributed by atoms with Crippen LogP contribution in [0, 0.1) is 0 Å². The van der Waals surface area contributed by atoms with Gasteiger partial charge in [0.1, 0.15) is 4.38 Å². The Morgan fingerprint density at radius 3 is 3.16 bits per heavy atom. The molecule has 1 amide bonds. The molecule has 1 aliphatic heterocycles. The lowest BCUT2D eigenvalue weighted by molar-refractivity contribution is -0.113. The van der Waals surface area contributed by atoms with Crippen molar-refractivity contribution in [3.63, 3.8) is 0 Å². The predicted octanol–water partition coefficient (Wildman–Crippen LogP) is 2.79. The molecule has 102 valence electrons. The number of carbonyl (C=O) groups excluding carboxylic acids is 1. The molecule has 0 saturated heterocycles. The van der Waals surface area contributed by atoms with Gasteiger partial charge in [0.25, 0.3) is 0 Å². The molecule has 1 aliphatic carbocycles. The minimum Gasteiger partial charge on any atom is -0.301 e. The first-order valence-corrected chi connectivity index (χ1v) is 9.11. The van der Waals surface area contributed by atoms with Crippen molar-refractivity contribution in [2.75, 3.05) is 16.8 Å². The Morgan fingerprint density at radius 1 is 1.53 bits per heavy atom. The second-order valence-electron chi connectivity index (χ2n) is 4.63. The fourth-order valence-corrected chi connectivity index (χ4v) is 5.13. The number of nitrogens with zero attached hydrogens (tertiary/aromatic N) is 2. The van der Waals surface area contributed by atoms with Crippen molar-refractivity contribution in [2.24, 2.45) is 4.99 Å². The maximum atomic E-state index is 11.8. The van der Waals surface area contributed by atoms with Gasteiger partial charge in [-0.3, -0.25) is 9.79 Å². The maximum absolute atomic E-state index is 11.8. The molecule has 1 aromatic rings. The van der Waals surface area contributed by atoms with Crippen molar-refractivity contribution in [2.45, 2.75) is 32.2 Å². The molecule has 0 bridgehead atoms. The van der Waals surface area contributed by atoms with Crippen molar-refractivity contribution in [1.82, 2.24) is 4.98 Å². The van der Waals surface area contributed by atoms with Gasteiger partial charge in [0, 0.05) is 10.6 Å². The first-order valence-electron chi connectivity index (χ1n) is 6.32. The summed E-state index contributed by atoms with van der Waals surface area (Å²) >= 11 is 4.88. The summed E-state index contributed by atoms with van der Waals surface area (Å²) in [5.74, 6) is 1.46. The Hall–Kier alpha value is -0.530. The van der Waals surface area contributed by atoms with Crippen LogP contribution in [0.3, 0.4) is 0 Å². The molecule has 2 aliphatic rings. The molecule has 0 spiro atoms. The number of amides is 1. The van der Waals surface area contributed by atoms with Crippen LogP contribution < -0.4 is 5.32 Å². The summed E-state index contributed by atoms with van der Waals surface area (Å²) in [6.07, 6.45) is 3.37. The van der Waals surface area contributed by atoms with Crippen molar-refractivity contribution >= 4 is 50.3 Å². The third-order valence-corrected chi connectivity index (χ3v) is 6.48. The topological polar surface area (TPSA) is 54.4 Å². The fraction of sp³-hybridized carbons (Fsp3) is 0.583. The van der Waals surface area contributed by atoms with Crippen molar-refractivity contribution in [3.8, 4) is 0 Å². The highest BCUT2D eigenvalue weighted by molar-refractivity contribution is 8.39. The number of aliphatic imine (C=N–C) groups is 1. The van der Waals surface area contributed by atoms with Crippen LogP contribution >= 0.6 is 34.9 Å². The van der Waals surface area contributed by atoms with Gasteiger partial charge in [0.15, 0.2) is 5.13 Å². The number of aryl methyl sites for hydroxylation is 2. The zero-order valence-electron chi connectivity index (χ0n) is 10.6. The zero-order chi connectivity index (χ0) is 13.2. The number of hydrogen-bond acceptors (Lipinski definition) is 6. The number of fused-ring (bicyclic) bond motifs is 1. The van der Waals surface area contributed by atoms with Gasteiger partial charge in [-0.1, -0.05) is 23.5 Å². The molecule has 0 aromatic carbocycles. The van der Waals surface area contributed by atoms with Crippen LogP contribution in [0.1, 0.15) is 23.9 Å². The van der Waals surface area contributed by atoms with Gasteiger partial charge in [-0.15, -0.1) is 11.3 Å². The van der Waals surface area contributed by atoms with E-state index >= 15 is 0 Å². The van der Waals surface area contributed by atoms with E-state index in [0.717, 1.165) is 28.1 Å². The van der Waals surface area contributed by atoms with Gasteiger partial charge in [-0.05, 0) is 26.2 Å². The van der Waals surface area contributed by atoms with E-state index in [4.69, 9.17) is 0 Å². The molecular formula is C12H15N3OS3. The number of carbonyl (C=O) groups is 1. The molecule has 0 radical (unpaired) electrons. The molecule has 4 nitrogen and oxygen atoms in total. The van der Waals surface area contributed by atoms with Crippen LogP contribution in [0.4, 0.5) is 5.13 Å². The van der Waals surface area contributed by atoms with Crippen LogP contribution in [-0.2, 0) is 17.6 Å². The fourth-order valence-electron chi connectivity index (χ4n) is 2.05. The molecular weight excluding hydrogens is 298 g/mol. The smallest absolute Gasteiger partial charge is 0.236 e. The molecule has 0 fully saturated rings. The van der Waals surface area contributed by atoms with Gasteiger partial charge in [-0.25, -0.2) is 4.98 Å². The largest absolute Gasteiger partial charge is 0.301 e. The van der Waals surface area contributed by atoms with E-state index in [2.05, 4.69) is 22.2 Å². The SMILES string of the molecule is CC1CSC(SCC(=O)Nc2nc3c(s2)CCC3)=N1. The Balaban J connectivity index is 1.49. The summed E-state index contributed by atoms with van der Waals surface area (Å²) in [5.41, 5.74) is 1.18. The number of thioether (sulfide) groups is 2.